The molecule has 0 bridgehead atoms. The molecule has 4 aromatic carbocycles. The number of imide groups is 1. The minimum atomic E-state index is -0.421. The third kappa shape index (κ3) is 9.02. The van der Waals surface area contributed by atoms with Crippen LogP contribution < -0.4 is 15.5 Å². The van der Waals surface area contributed by atoms with Gasteiger partial charge in [-0.15, -0.1) is 0 Å². The van der Waals surface area contributed by atoms with Crippen molar-refractivity contribution in [1.82, 2.24) is 4.98 Å². The van der Waals surface area contributed by atoms with E-state index in [1.54, 1.807) is 60.7 Å². The van der Waals surface area contributed by atoms with Gasteiger partial charge in [-0.25, -0.2) is 9.88 Å². The van der Waals surface area contributed by atoms with Crippen LogP contribution in [0.2, 0.25) is 0 Å². The van der Waals surface area contributed by atoms with Gasteiger partial charge in [0.1, 0.15) is 5.82 Å². The Hall–Kier alpha value is -7.03. The fraction of sp³-hybridized carbons (Fsp3) is 0.133. The summed E-state index contributed by atoms with van der Waals surface area (Å²) in [5.41, 5.74) is 7.42. The van der Waals surface area contributed by atoms with Crippen LogP contribution in [-0.4, -0.2) is 28.6 Å². The molecule has 5 aromatic rings. The van der Waals surface area contributed by atoms with Gasteiger partial charge in [0.05, 0.1) is 5.69 Å². The molecular formula is C45H36N4O4. The Balaban J connectivity index is 1.24. The topological polar surface area (TPSA) is 108 Å². The predicted molar refractivity (Wildman–Crippen MR) is 208 cm³/mol. The Kier molecular flexibility index (Phi) is 10.2. The molecule has 0 spiro atoms. The lowest BCUT2D eigenvalue weighted by molar-refractivity contribution is -0.120. The Morgan fingerprint density at radius 3 is 1.68 bits per heavy atom. The van der Waals surface area contributed by atoms with E-state index >= 15 is 0 Å². The van der Waals surface area contributed by atoms with Crippen LogP contribution in [0.4, 0.5) is 17.2 Å². The number of carbonyl (C=O) groups is 4. The molecule has 260 valence electrons. The van der Waals surface area contributed by atoms with Gasteiger partial charge in [0, 0.05) is 56.9 Å². The summed E-state index contributed by atoms with van der Waals surface area (Å²) >= 11 is 0. The van der Waals surface area contributed by atoms with Gasteiger partial charge in [-0.05, 0) is 121 Å². The summed E-state index contributed by atoms with van der Waals surface area (Å²) in [5, 5.41) is 5.72. The maximum absolute atomic E-state index is 13.5. The SMILES string of the molecule is Cc1cc(C)nc(NC(=O)c2ccc(C#Cc3cc(C#Cc4ccc(C(C)(C)C)cc4)cc(C(=O)Nc4ccc(N5C(=O)C=CC5=O)cc4)c3)cc2)c1. The number of aryl methyl sites for hydroxylation is 2. The summed E-state index contributed by atoms with van der Waals surface area (Å²) in [5.74, 6) is 11.7. The average Bonchev–Trinajstić information content (AvgIpc) is 3.46. The second-order valence-corrected chi connectivity index (χ2v) is 13.7. The third-order valence-corrected chi connectivity index (χ3v) is 8.33. The molecule has 2 N–H and O–H groups in total. The standard InChI is InChI=1S/C45H36N4O4/c1-29-24-30(2)46-40(25-29)48-43(52)35-14-10-31(11-15-35)6-8-33-26-34(9-7-32-12-16-37(17-13-32)45(3,4)5)28-36(27-33)44(53)47-38-18-20-39(21-19-38)49-41(50)22-23-42(49)51/h10-28H,1-5H3,(H,47,53)(H,46,48,52). The molecule has 0 atom stereocenters. The summed E-state index contributed by atoms with van der Waals surface area (Å²) in [7, 11) is 0. The lowest BCUT2D eigenvalue weighted by Crippen LogP contribution is -2.29. The van der Waals surface area contributed by atoms with E-state index in [0.717, 1.165) is 21.7 Å². The van der Waals surface area contributed by atoms with Crippen molar-refractivity contribution in [3.05, 3.63) is 165 Å². The number of hydrogen-bond acceptors (Lipinski definition) is 5. The van der Waals surface area contributed by atoms with Crippen LogP contribution in [0.1, 0.15) is 80.6 Å². The van der Waals surface area contributed by atoms with E-state index < -0.39 is 11.8 Å². The molecule has 0 aliphatic carbocycles. The van der Waals surface area contributed by atoms with Crippen molar-refractivity contribution >= 4 is 40.8 Å². The number of aromatic nitrogens is 1. The second-order valence-electron chi connectivity index (χ2n) is 13.7. The molecule has 6 rings (SSSR count). The first-order chi connectivity index (χ1) is 25.3. The molecule has 8 nitrogen and oxygen atoms in total. The molecule has 0 unspecified atom stereocenters. The number of rotatable bonds is 5. The van der Waals surface area contributed by atoms with Crippen molar-refractivity contribution in [2.75, 3.05) is 15.5 Å². The molecule has 1 aliphatic rings. The van der Waals surface area contributed by atoms with Crippen LogP contribution in [0, 0.1) is 37.5 Å². The van der Waals surface area contributed by atoms with Gasteiger partial charge in [0.15, 0.2) is 0 Å². The zero-order valence-electron chi connectivity index (χ0n) is 30.0. The molecule has 1 aliphatic heterocycles. The van der Waals surface area contributed by atoms with Crippen LogP contribution in [0.5, 0.6) is 0 Å². The molecular weight excluding hydrogens is 661 g/mol. The van der Waals surface area contributed by atoms with Crippen LogP contribution >= 0.6 is 0 Å². The van der Waals surface area contributed by atoms with E-state index in [4.69, 9.17) is 0 Å². The summed E-state index contributed by atoms with van der Waals surface area (Å²) in [6.45, 7) is 10.3. The van der Waals surface area contributed by atoms with Crippen LogP contribution in [0.15, 0.2) is 115 Å². The second kappa shape index (κ2) is 15.1. The molecule has 8 heteroatoms. The summed E-state index contributed by atoms with van der Waals surface area (Å²) in [4.78, 5) is 56.0. The fourth-order valence-electron chi connectivity index (χ4n) is 5.60. The lowest BCUT2D eigenvalue weighted by Gasteiger charge is -2.18. The Morgan fingerprint density at radius 2 is 1.13 bits per heavy atom. The normalized spacial score (nSPS) is 12.1. The third-order valence-electron chi connectivity index (χ3n) is 8.33. The average molecular weight is 697 g/mol. The van der Waals surface area contributed by atoms with Crippen molar-refractivity contribution < 1.29 is 19.2 Å². The van der Waals surface area contributed by atoms with Crippen LogP contribution in [0.3, 0.4) is 0 Å². The number of nitrogens with one attached hydrogen (secondary N) is 2. The van der Waals surface area contributed by atoms with E-state index in [0.29, 0.717) is 45.0 Å². The van der Waals surface area contributed by atoms with Crippen molar-refractivity contribution in [3.8, 4) is 23.7 Å². The number of pyridine rings is 1. The molecule has 53 heavy (non-hydrogen) atoms. The first-order valence-corrected chi connectivity index (χ1v) is 16.9. The Labute approximate surface area is 309 Å². The Morgan fingerprint density at radius 1 is 0.604 bits per heavy atom. The lowest BCUT2D eigenvalue weighted by atomic mass is 9.87. The smallest absolute Gasteiger partial charge is 0.258 e. The first kappa shape index (κ1) is 35.8. The first-order valence-electron chi connectivity index (χ1n) is 16.9. The van der Waals surface area contributed by atoms with Gasteiger partial charge >= 0.3 is 0 Å². The van der Waals surface area contributed by atoms with E-state index in [2.05, 4.69) is 72.2 Å². The quantitative estimate of drug-likeness (QED) is 0.145. The van der Waals surface area contributed by atoms with Crippen molar-refractivity contribution in [1.29, 1.82) is 0 Å². The fourth-order valence-corrected chi connectivity index (χ4v) is 5.60. The number of amides is 4. The van der Waals surface area contributed by atoms with Gasteiger partial charge in [-0.3, -0.25) is 19.2 Å². The number of carbonyl (C=O) groups excluding carboxylic acids is 4. The maximum Gasteiger partial charge on any atom is 0.258 e. The monoisotopic (exact) mass is 696 g/mol. The van der Waals surface area contributed by atoms with E-state index in [1.165, 1.54) is 17.7 Å². The zero-order valence-corrected chi connectivity index (χ0v) is 30.0. The van der Waals surface area contributed by atoms with Crippen molar-refractivity contribution in [2.45, 2.75) is 40.0 Å². The van der Waals surface area contributed by atoms with Crippen LogP contribution in [-0.2, 0) is 15.0 Å². The van der Waals surface area contributed by atoms with E-state index in [-0.39, 0.29) is 17.2 Å². The van der Waals surface area contributed by atoms with Gasteiger partial charge in [-0.2, -0.15) is 0 Å². The van der Waals surface area contributed by atoms with Crippen molar-refractivity contribution in [3.63, 3.8) is 0 Å². The van der Waals surface area contributed by atoms with Gasteiger partial charge in [-0.1, -0.05) is 56.6 Å². The molecule has 4 amide bonds. The molecule has 0 saturated heterocycles. The minimum Gasteiger partial charge on any atom is -0.322 e. The molecule has 0 fully saturated rings. The summed E-state index contributed by atoms with van der Waals surface area (Å²) < 4.78 is 0. The summed E-state index contributed by atoms with van der Waals surface area (Å²) in [6.07, 6.45) is 2.43. The number of benzene rings is 4. The van der Waals surface area contributed by atoms with Gasteiger partial charge < -0.3 is 10.6 Å². The maximum atomic E-state index is 13.5. The van der Waals surface area contributed by atoms with Gasteiger partial charge in [0.25, 0.3) is 23.6 Å². The van der Waals surface area contributed by atoms with Crippen molar-refractivity contribution in [2.24, 2.45) is 0 Å². The highest BCUT2D eigenvalue weighted by Gasteiger charge is 2.25. The molecule has 0 saturated carbocycles. The van der Waals surface area contributed by atoms with E-state index in [9.17, 15) is 19.2 Å². The van der Waals surface area contributed by atoms with Gasteiger partial charge in [0.2, 0.25) is 0 Å². The molecule has 1 aromatic heterocycles. The number of nitrogens with zero attached hydrogens (tertiary/aromatic N) is 2. The zero-order chi connectivity index (χ0) is 37.7. The largest absolute Gasteiger partial charge is 0.322 e. The number of anilines is 3. The minimum absolute atomic E-state index is 0.0204. The van der Waals surface area contributed by atoms with Crippen LogP contribution in [0.25, 0.3) is 0 Å². The predicted octanol–water partition coefficient (Wildman–Crippen LogP) is 7.73. The number of hydrogen-bond donors (Lipinski definition) is 2. The highest BCUT2D eigenvalue weighted by molar-refractivity contribution is 6.28. The van der Waals surface area contributed by atoms with E-state index in [1.807, 2.05) is 44.2 Å². The highest BCUT2D eigenvalue weighted by Crippen LogP contribution is 2.23. The highest BCUT2D eigenvalue weighted by atomic mass is 16.2. The summed E-state index contributed by atoms with van der Waals surface area (Å²) in [6, 6.07) is 30.4. The molecule has 2 heterocycles. The molecule has 0 radical (unpaired) electrons. The Bertz CT molecular complexity index is 2380.